The molecule has 0 saturated carbocycles. The van der Waals surface area contributed by atoms with E-state index in [1.54, 1.807) is 0 Å². The molecular formula is C10H22N2O. The SMILES string of the molecule is CC(C)N1CC(CO)NCCC1C. The third-order valence-electron chi connectivity index (χ3n) is 2.88. The van der Waals surface area contributed by atoms with Crippen LogP contribution in [0.25, 0.3) is 0 Å². The van der Waals surface area contributed by atoms with Crippen LogP contribution in [0.4, 0.5) is 0 Å². The molecule has 1 aliphatic rings. The molecule has 0 aromatic carbocycles. The standard InChI is InChI=1S/C10H22N2O/c1-8(2)12-6-10(7-13)11-5-4-9(12)3/h8-11,13H,4-7H2,1-3H3. The van der Waals surface area contributed by atoms with Gasteiger partial charge in [0.25, 0.3) is 0 Å². The highest BCUT2D eigenvalue weighted by molar-refractivity contribution is 4.82. The van der Waals surface area contributed by atoms with Crippen LogP contribution in [0.3, 0.4) is 0 Å². The Kier molecular flexibility index (Phi) is 4.16. The largest absolute Gasteiger partial charge is 0.395 e. The number of aliphatic hydroxyl groups is 1. The zero-order valence-corrected chi connectivity index (χ0v) is 8.95. The number of nitrogens with zero attached hydrogens (tertiary/aromatic N) is 1. The first-order chi connectivity index (χ1) is 6.15. The number of hydrogen-bond donors (Lipinski definition) is 2. The van der Waals surface area contributed by atoms with Gasteiger partial charge in [-0.15, -0.1) is 0 Å². The fourth-order valence-corrected chi connectivity index (χ4v) is 2.00. The van der Waals surface area contributed by atoms with E-state index in [1.165, 1.54) is 6.42 Å². The summed E-state index contributed by atoms with van der Waals surface area (Å²) in [7, 11) is 0. The molecule has 0 bridgehead atoms. The Balaban J connectivity index is 2.56. The Labute approximate surface area is 81.1 Å². The fraction of sp³-hybridized carbons (Fsp3) is 1.00. The van der Waals surface area contributed by atoms with Crippen molar-refractivity contribution >= 4 is 0 Å². The van der Waals surface area contributed by atoms with Gasteiger partial charge in [-0.3, -0.25) is 4.90 Å². The summed E-state index contributed by atoms with van der Waals surface area (Å²) >= 11 is 0. The number of aliphatic hydroxyl groups excluding tert-OH is 1. The van der Waals surface area contributed by atoms with E-state index in [2.05, 4.69) is 31.0 Å². The van der Waals surface area contributed by atoms with Crippen LogP contribution in [0.2, 0.25) is 0 Å². The Morgan fingerprint density at radius 2 is 2.23 bits per heavy atom. The molecule has 1 aliphatic heterocycles. The molecule has 0 aromatic rings. The summed E-state index contributed by atoms with van der Waals surface area (Å²) in [6, 6.07) is 1.46. The predicted octanol–water partition coefficient (Wildman–Crippen LogP) is 0.439. The second-order valence-corrected chi connectivity index (χ2v) is 4.26. The molecule has 1 fully saturated rings. The summed E-state index contributed by atoms with van der Waals surface area (Å²) in [5.74, 6) is 0. The molecule has 1 heterocycles. The van der Waals surface area contributed by atoms with E-state index in [9.17, 15) is 0 Å². The normalized spacial score (nSPS) is 32.1. The van der Waals surface area contributed by atoms with Gasteiger partial charge in [0, 0.05) is 24.7 Å². The van der Waals surface area contributed by atoms with Crippen LogP contribution in [-0.2, 0) is 0 Å². The second-order valence-electron chi connectivity index (χ2n) is 4.26. The molecule has 0 radical (unpaired) electrons. The molecule has 3 heteroatoms. The summed E-state index contributed by atoms with van der Waals surface area (Å²) < 4.78 is 0. The summed E-state index contributed by atoms with van der Waals surface area (Å²) in [5.41, 5.74) is 0. The summed E-state index contributed by atoms with van der Waals surface area (Å²) in [6.07, 6.45) is 1.18. The smallest absolute Gasteiger partial charge is 0.0597 e. The molecule has 1 saturated heterocycles. The van der Waals surface area contributed by atoms with Gasteiger partial charge in [-0.2, -0.15) is 0 Å². The second kappa shape index (κ2) is 4.94. The van der Waals surface area contributed by atoms with E-state index in [1.807, 2.05) is 0 Å². The predicted molar refractivity (Wildman–Crippen MR) is 54.8 cm³/mol. The third-order valence-corrected chi connectivity index (χ3v) is 2.88. The van der Waals surface area contributed by atoms with Crippen molar-refractivity contribution in [3.63, 3.8) is 0 Å². The van der Waals surface area contributed by atoms with Crippen LogP contribution < -0.4 is 5.32 Å². The molecular weight excluding hydrogens is 164 g/mol. The number of hydrogen-bond acceptors (Lipinski definition) is 3. The highest BCUT2D eigenvalue weighted by Crippen LogP contribution is 2.12. The zero-order chi connectivity index (χ0) is 9.84. The summed E-state index contributed by atoms with van der Waals surface area (Å²) in [6.45, 7) is 8.94. The van der Waals surface area contributed by atoms with Crippen LogP contribution in [0, 0.1) is 0 Å². The van der Waals surface area contributed by atoms with Crippen molar-refractivity contribution in [3.05, 3.63) is 0 Å². The molecule has 0 aromatic heterocycles. The Bertz CT molecular complexity index is 150. The Morgan fingerprint density at radius 1 is 1.54 bits per heavy atom. The van der Waals surface area contributed by atoms with Crippen LogP contribution in [-0.4, -0.2) is 47.8 Å². The van der Waals surface area contributed by atoms with Gasteiger partial charge in [0.05, 0.1) is 6.61 Å². The van der Waals surface area contributed by atoms with Crippen molar-refractivity contribution in [2.75, 3.05) is 19.7 Å². The average Bonchev–Trinajstić information content (AvgIpc) is 2.26. The maximum atomic E-state index is 9.11. The lowest BCUT2D eigenvalue weighted by Gasteiger charge is -2.32. The molecule has 0 amide bonds. The molecule has 2 unspecified atom stereocenters. The van der Waals surface area contributed by atoms with E-state index in [-0.39, 0.29) is 12.6 Å². The zero-order valence-electron chi connectivity index (χ0n) is 8.95. The van der Waals surface area contributed by atoms with Gasteiger partial charge < -0.3 is 10.4 Å². The minimum atomic E-state index is 0.246. The van der Waals surface area contributed by atoms with E-state index in [0.29, 0.717) is 12.1 Å². The quantitative estimate of drug-likeness (QED) is 0.657. The molecule has 13 heavy (non-hydrogen) atoms. The maximum absolute atomic E-state index is 9.11. The summed E-state index contributed by atoms with van der Waals surface area (Å²) in [5, 5.41) is 12.5. The van der Waals surface area contributed by atoms with Crippen molar-refractivity contribution in [2.45, 2.75) is 45.3 Å². The third kappa shape index (κ3) is 2.93. The molecule has 2 atom stereocenters. The molecule has 3 nitrogen and oxygen atoms in total. The average molecular weight is 186 g/mol. The van der Waals surface area contributed by atoms with E-state index in [4.69, 9.17) is 5.11 Å². The highest BCUT2D eigenvalue weighted by Gasteiger charge is 2.23. The Hall–Kier alpha value is -0.120. The molecule has 78 valence electrons. The molecule has 2 N–H and O–H groups in total. The van der Waals surface area contributed by atoms with Gasteiger partial charge in [0.15, 0.2) is 0 Å². The first-order valence-corrected chi connectivity index (χ1v) is 5.25. The van der Waals surface area contributed by atoms with E-state index < -0.39 is 0 Å². The topological polar surface area (TPSA) is 35.5 Å². The van der Waals surface area contributed by atoms with Crippen molar-refractivity contribution in [1.82, 2.24) is 10.2 Å². The first-order valence-electron chi connectivity index (χ1n) is 5.25. The van der Waals surface area contributed by atoms with Crippen molar-refractivity contribution in [2.24, 2.45) is 0 Å². The van der Waals surface area contributed by atoms with Gasteiger partial charge in [0.1, 0.15) is 0 Å². The van der Waals surface area contributed by atoms with Crippen molar-refractivity contribution in [3.8, 4) is 0 Å². The van der Waals surface area contributed by atoms with Crippen LogP contribution in [0.5, 0.6) is 0 Å². The van der Waals surface area contributed by atoms with Crippen molar-refractivity contribution in [1.29, 1.82) is 0 Å². The first kappa shape index (κ1) is 11.0. The van der Waals surface area contributed by atoms with E-state index in [0.717, 1.165) is 13.1 Å². The lowest BCUT2D eigenvalue weighted by Crippen LogP contribution is -2.45. The van der Waals surface area contributed by atoms with Gasteiger partial charge in [-0.25, -0.2) is 0 Å². The molecule has 0 aliphatic carbocycles. The number of nitrogens with one attached hydrogen (secondary N) is 1. The number of rotatable bonds is 2. The van der Waals surface area contributed by atoms with Gasteiger partial charge >= 0.3 is 0 Å². The minimum absolute atomic E-state index is 0.246. The van der Waals surface area contributed by atoms with Crippen molar-refractivity contribution < 1.29 is 5.11 Å². The van der Waals surface area contributed by atoms with Gasteiger partial charge in [-0.05, 0) is 33.7 Å². The monoisotopic (exact) mass is 186 g/mol. The van der Waals surface area contributed by atoms with Gasteiger partial charge in [0.2, 0.25) is 0 Å². The summed E-state index contributed by atoms with van der Waals surface area (Å²) in [4.78, 5) is 2.46. The lowest BCUT2D eigenvalue weighted by molar-refractivity contribution is 0.140. The van der Waals surface area contributed by atoms with Crippen LogP contribution in [0.1, 0.15) is 27.2 Å². The highest BCUT2D eigenvalue weighted by atomic mass is 16.3. The minimum Gasteiger partial charge on any atom is -0.395 e. The molecule has 1 rings (SSSR count). The lowest BCUT2D eigenvalue weighted by atomic mass is 10.1. The van der Waals surface area contributed by atoms with Crippen LogP contribution in [0.15, 0.2) is 0 Å². The maximum Gasteiger partial charge on any atom is 0.0597 e. The Morgan fingerprint density at radius 3 is 2.77 bits per heavy atom. The van der Waals surface area contributed by atoms with Crippen LogP contribution >= 0.6 is 0 Å². The fourth-order valence-electron chi connectivity index (χ4n) is 2.00. The van der Waals surface area contributed by atoms with Gasteiger partial charge in [-0.1, -0.05) is 0 Å². The molecule has 0 spiro atoms. The van der Waals surface area contributed by atoms with E-state index >= 15 is 0 Å².